The van der Waals surface area contributed by atoms with E-state index in [0.29, 0.717) is 5.76 Å². The third-order valence-corrected chi connectivity index (χ3v) is 2.23. The molecule has 0 fully saturated rings. The molecule has 0 amide bonds. The van der Waals surface area contributed by atoms with Gasteiger partial charge in [-0.2, -0.15) is 0 Å². The zero-order valence-electron chi connectivity index (χ0n) is 10.6. The van der Waals surface area contributed by atoms with E-state index < -0.39 is 18.0 Å². The molecule has 0 aliphatic carbocycles. The quantitative estimate of drug-likeness (QED) is 0.594. The molecule has 0 N–H and O–H groups in total. The highest BCUT2D eigenvalue weighted by Crippen LogP contribution is 2.26. The van der Waals surface area contributed by atoms with Gasteiger partial charge in [-0.1, -0.05) is 13.8 Å². The predicted octanol–water partition coefficient (Wildman–Crippen LogP) is 2.25. The minimum Gasteiger partial charge on any atom is -0.466 e. The molecule has 0 unspecified atom stereocenters. The standard InChI is InChI=1S/C13H16O5/c1-9(2)13(10-5-4-8-17-10)18-12(15)7-6-11(14)16-3/h4-9,13H,1-3H3/b7-6+/t13-/m0/s1. The molecule has 0 aromatic carbocycles. The van der Waals surface area contributed by atoms with Gasteiger partial charge < -0.3 is 13.9 Å². The first-order valence-electron chi connectivity index (χ1n) is 5.54. The van der Waals surface area contributed by atoms with Crippen LogP contribution in [0.15, 0.2) is 35.0 Å². The van der Waals surface area contributed by atoms with Gasteiger partial charge >= 0.3 is 11.9 Å². The van der Waals surface area contributed by atoms with Crippen molar-refractivity contribution < 1.29 is 23.5 Å². The number of esters is 2. The number of furan rings is 1. The van der Waals surface area contributed by atoms with E-state index in [1.807, 2.05) is 13.8 Å². The molecule has 0 radical (unpaired) electrons. The van der Waals surface area contributed by atoms with Crippen LogP contribution in [0.3, 0.4) is 0 Å². The Balaban J connectivity index is 2.65. The lowest BCUT2D eigenvalue weighted by Crippen LogP contribution is -2.14. The number of rotatable bonds is 5. The van der Waals surface area contributed by atoms with Gasteiger partial charge in [-0.25, -0.2) is 9.59 Å². The molecule has 0 aliphatic heterocycles. The van der Waals surface area contributed by atoms with Gasteiger partial charge in [0.2, 0.25) is 0 Å². The molecule has 0 saturated carbocycles. The number of carbonyl (C=O) groups excluding carboxylic acids is 2. The third-order valence-electron chi connectivity index (χ3n) is 2.23. The molecular formula is C13H16O5. The molecule has 1 aromatic heterocycles. The normalized spacial score (nSPS) is 12.7. The maximum absolute atomic E-state index is 11.5. The number of hydrogen-bond donors (Lipinski definition) is 0. The van der Waals surface area contributed by atoms with Crippen molar-refractivity contribution in [1.29, 1.82) is 0 Å². The van der Waals surface area contributed by atoms with Crippen molar-refractivity contribution >= 4 is 11.9 Å². The summed E-state index contributed by atoms with van der Waals surface area (Å²) in [5, 5.41) is 0. The van der Waals surface area contributed by atoms with E-state index in [-0.39, 0.29) is 5.92 Å². The maximum Gasteiger partial charge on any atom is 0.331 e. The fraction of sp³-hybridized carbons (Fsp3) is 0.385. The average Bonchev–Trinajstić information content (AvgIpc) is 2.86. The largest absolute Gasteiger partial charge is 0.466 e. The molecule has 1 rings (SSSR count). The van der Waals surface area contributed by atoms with Crippen LogP contribution in [0.2, 0.25) is 0 Å². The summed E-state index contributed by atoms with van der Waals surface area (Å²) in [6.07, 6.45) is 3.09. The minimum atomic E-state index is -0.615. The van der Waals surface area contributed by atoms with Gasteiger partial charge in [0, 0.05) is 12.2 Å². The highest BCUT2D eigenvalue weighted by molar-refractivity contribution is 5.91. The van der Waals surface area contributed by atoms with E-state index >= 15 is 0 Å². The predicted molar refractivity (Wildman–Crippen MR) is 63.5 cm³/mol. The van der Waals surface area contributed by atoms with E-state index in [2.05, 4.69) is 4.74 Å². The zero-order valence-corrected chi connectivity index (χ0v) is 10.6. The van der Waals surface area contributed by atoms with Crippen molar-refractivity contribution in [2.45, 2.75) is 20.0 Å². The minimum absolute atomic E-state index is 0.0617. The molecule has 0 spiro atoms. The summed E-state index contributed by atoms with van der Waals surface area (Å²) in [4.78, 5) is 22.3. The van der Waals surface area contributed by atoms with Crippen LogP contribution in [0.4, 0.5) is 0 Å². The van der Waals surface area contributed by atoms with Crippen molar-refractivity contribution in [3.63, 3.8) is 0 Å². The Bertz CT molecular complexity index is 417. The van der Waals surface area contributed by atoms with Crippen LogP contribution >= 0.6 is 0 Å². The fourth-order valence-corrected chi connectivity index (χ4v) is 1.34. The Kier molecular flexibility index (Phi) is 5.17. The van der Waals surface area contributed by atoms with E-state index in [9.17, 15) is 9.59 Å². The van der Waals surface area contributed by atoms with Crippen LogP contribution in [-0.2, 0) is 19.1 Å². The lowest BCUT2D eigenvalue weighted by molar-refractivity contribution is -0.147. The highest BCUT2D eigenvalue weighted by Gasteiger charge is 2.22. The summed E-state index contributed by atoms with van der Waals surface area (Å²) >= 11 is 0. The number of carbonyl (C=O) groups is 2. The van der Waals surface area contributed by atoms with Gasteiger partial charge in [-0.05, 0) is 18.1 Å². The summed E-state index contributed by atoms with van der Waals surface area (Å²) in [5.74, 6) is -0.585. The van der Waals surface area contributed by atoms with Crippen molar-refractivity contribution in [2.24, 2.45) is 5.92 Å². The van der Waals surface area contributed by atoms with Crippen molar-refractivity contribution in [3.8, 4) is 0 Å². The van der Waals surface area contributed by atoms with E-state index in [1.165, 1.54) is 13.4 Å². The van der Waals surface area contributed by atoms with Gasteiger partial charge in [0.15, 0.2) is 6.10 Å². The highest BCUT2D eigenvalue weighted by atomic mass is 16.6. The third kappa shape index (κ3) is 4.08. The van der Waals surface area contributed by atoms with Crippen molar-refractivity contribution in [1.82, 2.24) is 0 Å². The molecular weight excluding hydrogens is 236 g/mol. The Labute approximate surface area is 105 Å². The Morgan fingerprint density at radius 3 is 2.44 bits per heavy atom. The van der Waals surface area contributed by atoms with Gasteiger partial charge in [-0.15, -0.1) is 0 Å². The second kappa shape index (κ2) is 6.64. The summed E-state index contributed by atoms with van der Waals surface area (Å²) in [6, 6.07) is 3.46. The smallest absolute Gasteiger partial charge is 0.331 e. The van der Waals surface area contributed by atoms with Crippen LogP contribution < -0.4 is 0 Å². The van der Waals surface area contributed by atoms with E-state index in [1.54, 1.807) is 12.1 Å². The lowest BCUT2D eigenvalue weighted by Gasteiger charge is -2.18. The van der Waals surface area contributed by atoms with E-state index in [0.717, 1.165) is 12.2 Å². The summed E-state index contributed by atoms with van der Waals surface area (Å²) in [6.45, 7) is 3.81. The molecule has 18 heavy (non-hydrogen) atoms. The lowest BCUT2D eigenvalue weighted by atomic mass is 10.1. The summed E-state index contributed by atoms with van der Waals surface area (Å²) < 4.78 is 14.8. The Hall–Kier alpha value is -2.04. The SMILES string of the molecule is COC(=O)/C=C/C(=O)O[C@H](c1ccco1)C(C)C. The molecule has 1 aromatic rings. The van der Waals surface area contributed by atoms with Crippen LogP contribution in [0, 0.1) is 5.92 Å². The Morgan fingerprint density at radius 2 is 1.94 bits per heavy atom. The summed E-state index contributed by atoms with van der Waals surface area (Å²) in [5.41, 5.74) is 0. The monoisotopic (exact) mass is 252 g/mol. The van der Waals surface area contributed by atoms with Crippen LogP contribution in [0.25, 0.3) is 0 Å². The van der Waals surface area contributed by atoms with Crippen LogP contribution in [-0.4, -0.2) is 19.0 Å². The molecule has 0 bridgehead atoms. The second-order valence-electron chi connectivity index (χ2n) is 3.97. The molecule has 5 nitrogen and oxygen atoms in total. The first-order chi connectivity index (χ1) is 8.54. The van der Waals surface area contributed by atoms with Gasteiger partial charge in [0.05, 0.1) is 13.4 Å². The van der Waals surface area contributed by atoms with Gasteiger partial charge in [-0.3, -0.25) is 0 Å². The van der Waals surface area contributed by atoms with Crippen LogP contribution in [0.5, 0.6) is 0 Å². The number of methoxy groups -OCH3 is 1. The number of hydrogen-bond acceptors (Lipinski definition) is 5. The average molecular weight is 252 g/mol. The molecule has 1 atom stereocenters. The van der Waals surface area contributed by atoms with Crippen molar-refractivity contribution in [2.75, 3.05) is 7.11 Å². The molecule has 0 aliphatic rings. The molecule has 5 heteroatoms. The molecule has 1 heterocycles. The topological polar surface area (TPSA) is 65.7 Å². The molecule has 0 saturated heterocycles. The van der Waals surface area contributed by atoms with E-state index in [4.69, 9.17) is 9.15 Å². The fourth-order valence-electron chi connectivity index (χ4n) is 1.34. The first kappa shape index (κ1) is 14.0. The summed E-state index contributed by atoms with van der Waals surface area (Å²) in [7, 11) is 1.23. The zero-order chi connectivity index (χ0) is 13.5. The molecule has 98 valence electrons. The number of ether oxygens (including phenoxy) is 2. The second-order valence-corrected chi connectivity index (χ2v) is 3.97. The first-order valence-corrected chi connectivity index (χ1v) is 5.54. The Morgan fingerprint density at radius 1 is 1.28 bits per heavy atom. The van der Waals surface area contributed by atoms with Crippen LogP contribution in [0.1, 0.15) is 25.7 Å². The van der Waals surface area contributed by atoms with Crippen molar-refractivity contribution in [3.05, 3.63) is 36.3 Å². The van der Waals surface area contributed by atoms with Gasteiger partial charge in [0.25, 0.3) is 0 Å². The maximum atomic E-state index is 11.5. The van der Waals surface area contributed by atoms with Gasteiger partial charge in [0.1, 0.15) is 5.76 Å².